The maximum Gasteiger partial charge on any atom is 0.255 e. The summed E-state index contributed by atoms with van der Waals surface area (Å²) in [7, 11) is -6.70. The number of sulfonamides is 1. The molecule has 0 bridgehead atoms. The van der Waals surface area contributed by atoms with E-state index in [-0.39, 0.29) is 23.2 Å². The van der Waals surface area contributed by atoms with Crippen molar-refractivity contribution in [1.82, 2.24) is 9.88 Å². The molecular formula is C32H36ClN5O6S2. The third-order valence-corrected chi connectivity index (χ3v) is 8.93. The number of sulfone groups is 1. The molecule has 0 unspecified atom stereocenters. The Labute approximate surface area is 275 Å². The highest BCUT2D eigenvalue weighted by molar-refractivity contribution is 7.92. The largest absolute Gasteiger partial charge is 0.439 e. The zero-order chi connectivity index (χ0) is 32.0. The smallest absolute Gasteiger partial charge is 0.255 e. The minimum absolute atomic E-state index is 0. The van der Waals surface area contributed by atoms with Gasteiger partial charge >= 0.3 is 0 Å². The lowest BCUT2D eigenvalue weighted by atomic mass is 10.0. The second-order valence-electron chi connectivity index (χ2n) is 11.0. The van der Waals surface area contributed by atoms with Crippen molar-refractivity contribution in [3.63, 3.8) is 0 Å². The van der Waals surface area contributed by atoms with Gasteiger partial charge < -0.3 is 15.4 Å². The molecule has 1 aromatic heterocycles. The van der Waals surface area contributed by atoms with E-state index in [1.165, 1.54) is 12.1 Å². The number of nitrogens with zero attached hydrogens (tertiary/aromatic N) is 2. The van der Waals surface area contributed by atoms with Crippen LogP contribution in [-0.4, -0.2) is 64.3 Å². The molecule has 2 heterocycles. The Kier molecular flexibility index (Phi) is 11.3. The van der Waals surface area contributed by atoms with Gasteiger partial charge in [-0.25, -0.2) is 21.8 Å². The Morgan fingerprint density at radius 3 is 2.15 bits per heavy atom. The van der Waals surface area contributed by atoms with E-state index in [4.69, 9.17) is 4.74 Å². The fourth-order valence-electron chi connectivity index (χ4n) is 4.95. The molecule has 46 heavy (non-hydrogen) atoms. The van der Waals surface area contributed by atoms with E-state index in [9.17, 15) is 21.6 Å². The van der Waals surface area contributed by atoms with Crippen molar-refractivity contribution in [2.75, 3.05) is 41.0 Å². The summed E-state index contributed by atoms with van der Waals surface area (Å²) in [6.07, 6.45) is 5.98. The van der Waals surface area contributed by atoms with Crippen molar-refractivity contribution in [2.45, 2.75) is 30.3 Å². The third-order valence-electron chi connectivity index (χ3n) is 7.21. The molecule has 0 saturated carbocycles. The molecule has 244 valence electrons. The Morgan fingerprint density at radius 2 is 1.54 bits per heavy atom. The molecule has 3 aromatic carbocycles. The van der Waals surface area contributed by atoms with Crippen LogP contribution in [0.2, 0.25) is 0 Å². The van der Waals surface area contributed by atoms with E-state index in [1.807, 2.05) is 24.3 Å². The SMILES string of the molecule is CS(=O)(=O)Nc1ccc(Oc2ccc(CN3CCC(Nc4ccc(C(=O)Nc5cccc(S(C)(=O)=O)c5)cc4)CC3)cn2)cc1.Cl. The van der Waals surface area contributed by atoms with Crippen LogP contribution >= 0.6 is 12.4 Å². The van der Waals surface area contributed by atoms with Crippen molar-refractivity contribution in [1.29, 1.82) is 0 Å². The number of carbonyl (C=O) groups excluding carboxylic acids is 1. The number of benzene rings is 3. The average Bonchev–Trinajstić information content (AvgIpc) is 2.99. The van der Waals surface area contributed by atoms with Gasteiger partial charge in [-0.15, -0.1) is 12.4 Å². The monoisotopic (exact) mass is 685 g/mol. The van der Waals surface area contributed by atoms with Crippen molar-refractivity contribution < 1.29 is 26.4 Å². The summed E-state index contributed by atoms with van der Waals surface area (Å²) in [4.78, 5) is 19.7. The van der Waals surface area contributed by atoms with Crippen LogP contribution in [0.4, 0.5) is 17.1 Å². The highest BCUT2D eigenvalue weighted by atomic mass is 35.5. The van der Waals surface area contributed by atoms with Gasteiger partial charge in [0.2, 0.25) is 15.9 Å². The Balaban J connectivity index is 0.00000480. The number of amides is 1. The minimum atomic E-state index is -3.37. The average molecular weight is 686 g/mol. The number of ether oxygens (including phenoxy) is 1. The molecule has 1 aliphatic rings. The van der Waals surface area contributed by atoms with E-state index in [2.05, 4.69) is 25.2 Å². The van der Waals surface area contributed by atoms with Crippen molar-refractivity contribution >= 4 is 55.2 Å². The van der Waals surface area contributed by atoms with Crippen LogP contribution in [0.5, 0.6) is 11.6 Å². The van der Waals surface area contributed by atoms with E-state index < -0.39 is 19.9 Å². The number of piperidine rings is 1. The number of pyridine rings is 1. The summed E-state index contributed by atoms with van der Waals surface area (Å²) in [5, 5.41) is 6.32. The summed E-state index contributed by atoms with van der Waals surface area (Å²) in [5.74, 6) is 0.696. The second-order valence-corrected chi connectivity index (χ2v) is 14.8. The molecule has 1 saturated heterocycles. The molecule has 4 aromatic rings. The van der Waals surface area contributed by atoms with Crippen LogP contribution in [0.15, 0.2) is 96.0 Å². The number of hydrogen-bond acceptors (Lipinski definition) is 9. The van der Waals surface area contributed by atoms with Gasteiger partial charge in [0.25, 0.3) is 5.91 Å². The quantitative estimate of drug-likeness (QED) is 0.189. The maximum absolute atomic E-state index is 12.7. The van der Waals surface area contributed by atoms with Gasteiger partial charge in [0.1, 0.15) is 5.75 Å². The molecule has 5 rings (SSSR count). The van der Waals surface area contributed by atoms with Crippen LogP contribution in [-0.2, 0) is 26.4 Å². The number of likely N-dealkylation sites (tertiary alicyclic amines) is 1. The first kappa shape index (κ1) is 34.7. The lowest BCUT2D eigenvalue weighted by molar-refractivity contribution is 0.102. The molecule has 11 nitrogen and oxygen atoms in total. The van der Waals surface area contributed by atoms with E-state index in [1.54, 1.807) is 54.7 Å². The lowest BCUT2D eigenvalue weighted by Gasteiger charge is -2.32. The van der Waals surface area contributed by atoms with Gasteiger partial charge in [0.15, 0.2) is 9.84 Å². The molecular weight excluding hydrogens is 650 g/mol. The fourth-order valence-corrected chi connectivity index (χ4v) is 6.18. The third kappa shape index (κ3) is 10.2. The Hall–Kier alpha value is -4.17. The summed E-state index contributed by atoms with van der Waals surface area (Å²) >= 11 is 0. The Morgan fingerprint density at radius 1 is 0.870 bits per heavy atom. The number of anilines is 3. The summed E-state index contributed by atoms with van der Waals surface area (Å²) < 4.78 is 54.5. The maximum atomic E-state index is 12.7. The summed E-state index contributed by atoms with van der Waals surface area (Å²) in [6.45, 7) is 2.64. The number of halogens is 1. The topological polar surface area (TPSA) is 147 Å². The first-order chi connectivity index (χ1) is 21.4. The number of carbonyl (C=O) groups is 1. The van der Waals surface area contributed by atoms with Crippen LogP contribution in [0.25, 0.3) is 0 Å². The van der Waals surface area contributed by atoms with E-state index in [0.717, 1.165) is 56.2 Å². The lowest BCUT2D eigenvalue weighted by Crippen LogP contribution is -2.38. The van der Waals surface area contributed by atoms with E-state index in [0.29, 0.717) is 34.6 Å². The normalized spacial score (nSPS) is 14.1. The van der Waals surface area contributed by atoms with Crippen LogP contribution in [0.1, 0.15) is 28.8 Å². The molecule has 3 N–H and O–H groups in total. The minimum Gasteiger partial charge on any atom is -0.439 e. The number of hydrogen-bond donors (Lipinski definition) is 3. The fraction of sp³-hybridized carbons (Fsp3) is 0.250. The molecule has 0 spiro atoms. The number of nitrogens with one attached hydrogen (secondary N) is 3. The molecule has 14 heteroatoms. The summed E-state index contributed by atoms with van der Waals surface area (Å²) in [5.41, 5.74) is 3.38. The zero-order valence-electron chi connectivity index (χ0n) is 25.3. The predicted octanol–water partition coefficient (Wildman–Crippen LogP) is 5.40. The highest BCUT2D eigenvalue weighted by Gasteiger charge is 2.20. The standard InChI is InChI=1S/C32H35N5O6S2.ClH/c1-44(39,40)30-5-3-4-28(20-30)35-32(38)24-7-9-25(10-8-24)34-26-16-18-37(19-17-26)22-23-6-15-31(33-21-23)43-29-13-11-27(12-14-29)36-45(2,41)42;/h3-15,20-21,26,34,36H,16-19,22H2,1-2H3,(H,35,38);1H. The molecule has 1 aliphatic heterocycles. The van der Waals surface area contributed by atoms with Crippen molar-refractivity contribution in [3.8, 4) is 11.6 Å². The summed E-state index contributed by atoms with van der Waals surface area (Å²) in [6, 6.07) is 24.2. The molecule has 1 amide bonds. The van der Waals surface area contributed by atoms with Gasteiger partial charge in [-0.2, -0.15) is 0 Å². The van der Waals surface area contributed by atoms with Crippen LogP contribution in [0, 0.1) is 0 Å². The second kappa shape index (κ2) is 14.9. The first-order valence-corrected chi connectivity index (χ1v) is 18.1. The van der Waals surface area contributed by atoms with Gasteiger partial charge in [0, 0.05) is 66.8 Å². The van der Waals surface area contributed by atoms with Gasteiger partial charge in [-0.05, 0) is 85.1 Å². The predicted molar refractivity (Wildman–Crippen MR) is 182 cm³/mol. The molecule has 1 fully saturated rings. The first-order valence-electron chi connectivity index (χ1n) is 14.3. The van der Waals surface area contributed by atoms with E-state index >= 15 is 0 Å². The zero-order valence-corrected chi connectivity index (χ0v) is 27.8. The molecule has 0 aliphatic carbocycles. The van der Waals surface area contributed by atoms with Gasteiger partial charge in [-0.3, -0.25) is 14.4 Å². The van der Waals surface area contributed by atoms with Gasteiger partial charge in [0.05, 0.1) is 11.2 Å². The molecule has 0 atom stereocenters. The molecule has 0 radical (unpaired) electrons. The number of aromatic nitrogens is 1. The van der Waals surface area contributed by atoms with Crippen LogP contribution in [0.3, 0.4) is 0 Å². The number of rotatable bonds is 11. The van der Waals surface area contributed by atoms with Gasteiger partial charge in [-0.1, -0.05) is 12.1 Å². The van der Waals surface area contributed by atoms with Crippen molar-refractivity contribution in [3.05, 3.63) is 102 Å². The Bertz CT molecular complexity index is 1850. The van der Waals surface area contributed by atoms with Crippen LogP contribution < -0.4 is 20.1 Å². The van der Waals surface area contributed by atoms with Crippen molar-refractivity contribution in [2.24, 2.45) is 0 Å². The highest BCUT2D eigenvalue weighted by Crippen LogP contribution is 2.24.